The molecule has 0 radical (unpaired) electrons. The molecule has 152 valence electrons. The molecule has 0 rings (SSSR count). The minimum Gasteiger partial charge on any atom is -0.463 e. The first-order chi connectivity index (χ1) is 12.1. The average molecular weight is 407 g/mol. The van der Waals surface area contributed by atoms with E-state index in [2.05, 4.69) is 13.8 Å². The van der Waals surface area contributed by atoms with Crippen molar-refractivity contribution in [1.29, 1.82) is 0 Å². The number of quaternary nitrogens is 1. The van der Waals surface area contributed by atoms with E-state index >= 15 is 0 Å². The Morgan fingerprint density at radius 2 is 1.42 bits per heavy atom. The van der Waals surface area contributed by atoms with Gasteiger partial charge in [0.2, 0.25) is 4.99 Å². The van der Waals surface area contributed by atoms with Gasteiger partial charge in [0.25, 0.3) is 0 Å². The van der Waals surface area contributed by atoms with Crippen molar-refractivity contribution in [2.75, 3.05) is 13.1 Å². The Hall–Kier alpha value is -0.660. The first kappa shape index (κ1) is 25.3. The molecule has 0 bridgehead atoms. The number of hydrogen-bond acceptors (Lipinski definition) is 6. The van der Waals surface area contributed by atoms with Crippen LogP contribution < -0.4 is 0 Å². The standard InChI is InChI=1S/C19H36NO4S2/c1-7-9-11-20(26,12-10-8-2)18(25)16(19(22)24-15(5)6)13-17(21)23-14(3)4/h14-16,26H,7-13H2,1-6H3/q+1. The second-order valence-corrected chi connectivity index (χ2v) is 8.38. The molecule has 7 heteroatoms. The molecule has 0 aliphatic heterocycles. The SMILES string of the molecule is CCCC[N+](S)(CCCC)C(=S)C(CC(=O)OC(C)C)C(=O)OC(C)C. The number of ether oxygens (including phenoxy) is 2. The summed E-state index contributed by atoms with van der Waals surface area (Å²) in [5.41, 5.74) is 0. The van der Waals surface area contributed by atoms with Crippen LogP contribution >= 0.6 is 25.0 Å². The summed E-state index contributed by atoms with van der Waals surface area (Å²) in [6.07, 6.45) is 3.26. The minimum absolute atomic E-state index is 0.110. The maximum Gasteiger partial charge on any atom is 0.320 e. The number of rotatable bonds is 12. The quantitative estimate of drug-likeness (QED) is 0.224. The van der Waals surface area contributed by atoms with Crippen LogP contribution in [0.5, 0.6) is 0 Å². The largest absolute Gasteiger partial charge is 0.463 e. The third-order valence-electron chi connectivity index (χ3n) is 3.85. The van der Waals surface area contributed by atoms with Gasteiger partial charge in [0, 0.05) is 0 Å². The van der Waals surface area contributed by atoms with Crippen molar-refractivity contribution in [2.24, 2.45) is 5.92 Å². The summed E-state index contributed by atoms with van der Waals surface area (Å²) in [5, 5.41) is 0. The third kappa shape index (κ3) is 9.33. The van der Waals surface area contributed by atoms with Gasteiger partial charge in [-0.25, -0.2) is 3.89 Å². The van der Waals surface area contributed by atoms with Crippen molar-refractivity contribution in [3.63, 3.8) is 0 Å². The Kier molecular flexibility index (Phi) is 12.4. The van der Waals surface area contributed by atoms with E-state index in [1.165, 1.54) is 0 Å². The number of thiocarbonyl (C=S) groups is 1. The molecular formula is C19H36NO4S2+. The number of thiol groups is 1. The molecule has 1 unspecified atom stereocenters. The van der Waals surface area contributed by atoms with Crippen LogP contribution in [0, 0.1) is 5.92 Å². The maximum absolute atomic E-state index is 12.6. The van der Waals surface area contributed by atoms with Gasteiger partial charge in [-0.2, -0.15) is 0 Å². The van der Waals surface area contributed by atoms with Crippen LogP contribution in [0.3, 0.4) is 0 Å². The second kappa shape index (κ2) is 12.7. The van der Waals surface area contributed by atoms with Crippen LogP contribution in [-0.2, 0) is 19.1 Å². The summed E-state index contributed by atoms with van der Waals surface area (Å²) >= 11 is 10.5. The van der Waals surface area contributed by atoms with Crippen molar-refractivity contribution in [1.82, 2.24) is 0 Å². The van der Waals surface area contributed by atoms with Gasteiger partial charge < -0.3 is 9.47 Å². The highest BCUT2D eigenvalue weighted by molar-refractivity contribution is 7.82. The highest BCUT2D eigenvalue weighted by atomic mass is 32.1. The monoisotopic (exact) mass is 406 g/mol. The molecule has 0 aromatic rings. The zero-order valence-electron chi connectivity index (χ0n) is 17.1. The van der Waals surface area contributed by atoms with Gasteiger partial charge in [0.05, 0.1) is 44.5 Å². The smallest absolute Gasteiger partial charge is 0.320 e. The van der Waals surface area contributed by atoms with Gasteiger partial charge in [-0.3, -0.25) is 9.59 Å². The highest BCUT2D eigenvalue weighted by Crippen LogP contribution is 2.26. The molecule has 0 aliphatic rings. The summed E-state index contributed by atoms with van der Waals surface area (Å²) in [6, 6.07) is 0. The predicted octanol–water partition coefficient (Wildman–Crippen LogP) is 4.49. The molecule has 0 aromatic heterocycles. The molecule has 0 spiro atoms. The highest BCUT2D eigenvalue weighted by Gasteiger charge is 2.41. The predicted molar refractivity (Wildman–Crippen MR) is 112 cm³/mol. The van der Waals surface area contributed by atoms with Crippen molar-refractivity contribution in [2.45, 2.75) is 85.9 Å². The second-order valence-electron chi connectivity index (χ2n) is 7.20. The van der Waals surface area contributed by atoms with E-state index in [1.807, 2.05) is 0 Å². The molecule has 0 heterocycles. The molecule has 0 N–H and O–H groups in total. The zero-order valence-corrected chi connectivity index (χ0v) is 18.8. The molecule has 5 nitrogen and oxygen atoms in total. The maximum atomic E-state index is 12.6. The van der Waals surface area contributed by atoms with E-state index in [1.54, 1.807) is 27.7 Å². The van der Waals surface area contributed by atoms with Crippen LogP contribution in [0.15, 0.2) is 0 Å². The average Bonchev–Trinajstić information content (AvgIpc) is 2.54. The number of unbranched alkanes of at least 4 members (excludes halogenated alkanes) is 2. The first-order valence-corrected chi connectivity index (χ1v) is 10.4. The number of carbonyl (C=O) groups excluding carboxylic acids is 2. The zero-order chi connectivity index (χ0) is 20.3. The number of hydrogen-bond donors (Lipinski definition) is 1. The van der Waals surface area contributed by atoms with E-state index in [9.17, 15) is 9.59 Å². The van der Waals surface area contributed by atoms with Crippen LogP contribution in [0.2, 0.25) is 0 Å². The van der Waals surface area contributed by atoms with E-state index in [4.69, 9.17) is 34.5 Å². The molecule has 0 saturated heterocycles. The Morgan fingerprint density at radius 1 is 0.962 bits per heavy atom. The van der Waals surface area contributed by atoms with Gasteiger partial charge in [0.15, 0.2) is 5.92 Å². The first-order valence-electron chi connectivity index (χ1n) is 9.61. The summed E-state index contributed by atoms with van der Waals surface area (Å²) in [6.45, 7) is 12.8. The number of esters is 2. The summed E-state index contributed by atoms with van der Waals surface area (Å²) in [5.74, 6) is -1.75. The molecule has 0 amide bonds. The summed E-state index contributed by atoms with van der Waals surface area (Å²) < 4.78 is 10.8. The summed E-state index contributed by atoms with van der Waals surface area (Å²) in [4.78, 5) is 25.3. The Bertz CT molecular complexity index is 458. The molecule has 0 aromatic carbocycles. The van der Waals surface area contributed by atoms with Crippen LogP contribution in [0.25, 0.3) is 0 Å². The minimum atomic E-state index is -0.829. The van der Waals surface area contributed by atoms with E-state index < -0.39 is 17.9 Å². The lowest BCUT2D eigenvalue weighted by Gasteiger charge is -2.34. The third-order valence-corrected chi connectivity index (χ3v) is 5.23. The van der Waals surface area contributed by atoms with Gasteiger partial charge in [-0.15, -0.1) is 0 Å². The molecule has 26 heavy (non-hydrogen) atoms. The van der Waals surface area contributed by atoms with E-state index in [0.29, 0.717) is 4.99 Å². The lowest BCUT2D eigenvalue weighted by atomic mass is 10.0. The van der Waals surface area contributed by atoms with Crippen LogP contribution in [-0.4, -0.2) is 46.1 Å². The van der Waals surface area contributed by atoms with Crippen molar-refractivity contribution < 1.29 is 23.0 Å². The van der Waals surface area contributed by atoms with Crippen LogP contribution in [0.1, 0.15) is 73.6 Å². The Balaban J connectivity index is 5.52. The molecule has 1 atom stereocenters. The lowest BCUT2D eigenvalue weighted by Crippen LogP contribution is -2.50. The molecule has 0 aliphatic carbocycles. The van der Waals surface area contributed by atoms with Gasteiger partial charge in [-0.05, 0) is 52.8 Å². The Morgan fingerprint density at radius 3 is 1.81 bits per heavy atom. The van der Waals surface area contributed by atoms with Crippen molar-refractivity contribution >= 4 is 42.0 Å². The molecular weight excluding hydrogens is 370 g/mol. The normalized spacial score (nSPS) is 13.0. The van der Waals surface area contributed by atoms with Gasteiger partial charge >= 0.3 is 11.9 Å². The fourth-order valence-electron chi connectivity index (χ4n) is 2.53. The molecule has 0 fully saturated rings. The number of nitrogens with zero attached hydrogens (tertiary/aromatic N) is 1. The van der Waals surface area contributed by atoms with Crippen molar-refractivity contribution in [3.8, 4) is 0 Å². The Labute approximate surface area is 169 Å². The van der Waals surface area contributed by atoms with Gasteiger partial charge in [0.1, 0.15) is 0 Å². The lowest BCUT2D eigenvalue weighted by molar-refractivity contribution is -0.695. The van der Waals surface area contributed by atoms with E-state index in [-0.39, 0.29) is 22.5 Å². The van der Waals surface area contributed by atoms with Crippen molar-refractivity contribution in [3.05, 3.63) is 0 Å². The van der Waals surface area contributed by atoms with E-state index in [0.717, 1.165) is 38.8 Å². The fraction of sp³-hybridized carbons (Fsp3) is 0.842. The van der Waals surface area contributed by atoms with Crippen LogP contribution in [0.4, 0.5) is 0 Å². The fourth-order valence-corrected chi connectivity index (χ4v) is 3.31. The number of carbonyl (C=O) groups is 2. The summed E-state index contributed by atoms with van der Waals surface area (Å²) in [7, 11) is 0. The topological polar surface area (TPSA) is 52.6 Å². The van der Waals surface area contributed by atoms with Gasteiger partial charge in [-0.1, -0.05) is 26.7 Å². The molecule has 0 saturated carbocycles.